The molecule has 0 aliphatic carbocycles. The van der Waals surface area contributed by atoms with Crippen molar-refractivity contribution in [3.8, 4) is 0 Å². The van der Waals surface area contributed by atoms with Gasteiger partial charge in [-0.05, 0) is 12.5 Å². The highest BCUT2D eigenvalue weighted by Gasteiger charge is 2.18. The van der Waals surface area contributed by atoms with Crippen LogP contribution >= 0.6 is 0 Å². The van der Waals surface area contributed by atoms with Crippen LogP contribution in [0.2, 0.25) is 0 Å². The van der Waals surface area contributed by atoms with Crippen LogP contribution in [-0.2, 0) is 0 Å². The van der Waals surface area contributed by atoms with Gasteiger partial charge in [-0.3, -0.25) is 15.0 Å². The van der Waals surface area contributed by atoms with E-state index in [0.717, 1.165) is 45.0 Å². The maximum atomic E-state index is 10.6. The molecule has 1 aromatic heterocycles. The summed E-state index contributed by atoms with van der Waals surface area (Å²) in [6.07, 6.45) is 2.10. The number of anilines is 1. The monoisotopic (exact) mass is 266 g/mol. The molecule has 19 heavy (non-hydrogen) atoms. The van der Waals surface area contributed by atoms with Gasteiger partial charge in [-0.1, -0.05) is 0 Å². The number of pyridine rings is 1. The molecule has 2 rings (SSSR count). The van der Waals surface area contributed by atoms with Crippen molar-refractivity contribution in [1.29, 1.82) is 0 Å². The third kappa shape index (κ3) is 3.62. The number of aliphatic hydroxyl groups is 1. The summed E-state index contributed by atoms with van der Waals surface area (Å²) < 4.78 is 0. The standard InChI is InChI=1S/C12H18N4O3/c17-9-1-4-14-5-7-15(8-6-14)12-3-2-11(10-13-12)16(18)19/h2-3,10,17H,1,4-9H2. The van der Waals surface area contributed by atoms with Gasteiger partial charge in [0.25, 0.3) is 5.69 Å². The van der Waals surface area contributed by atoms with Gasteiger partial charge >= 0.3 is 0 Å². The topological polar surface area (TPSA) is 82.7 Å². The Hall–Kier alpha value is -1.73. The molecule has 7 heteroatoms. The van der Waals surface area contributed by atoms with Gasteiger partial charge in [-0.2, -0.15) is 0 Å². The molecule has 1 saturated heterocycles. The summed E-state index contributed by atoms with van der Waals surface area (Å²) in [4.78, 5) is 18.7. The SMILES string of the molecule is O=[N+]([O-])c1ccc(N2CCN(CCCO)CC2)nc1. The molecule has 104 valence electrons. The highest BCUT2D eigenvalue weighted by molar-refractivity contribution is 5.43. The van der Waals surface area contributed by atoms with E-state index in [0.29, 0.717) is 0 Å². The Morgan fingerprint density at radius 3 is 2.58 bits per heavy atom. The zero-order chi connectivity index (χ0) is 13.7. The molecule has 0 bridgehead atoms. The largest absolute Gasteiger partial charge is 0.396 e. The van der Waals surface area contributed by atoms with Crippen molar-refractivity contribution in [3.63, 3.8) is 0 Å². The number of hydrogen-bond acceptors (Lipinski definition) is 6. The Bertz CT molecular complexity index is 415. The molecule has 0 radical (unpaired) electrons. The van der Waals surface area contributed by atoms with E-state index in [1.54, 1.807) is 6.07 Å². The van der Waals surface area contributed by atoms with Gasteiger partial charge in [0, 0.05) is 45.4 Å². The van der Waals surface area contributed by atoms with Crippen LogP contribution in [0.4, 0.5) is 11.5 Å². The molecular formula is C12H18N4O3. The Kier molecular flexibility index (Phi) is 4.64. The number of nitro groups is 1. The molecule has 0 amide bonds. The third-order valence-electron chi connectivity index (χ3n) is 3.27. The number of aliphatic hydroxyl groups excluding tert-OH is 1. The quantitative estimate of drug-likeness (QED) is 0.617. The lowest BCUT2D eigenvalue weighted by atomic mass is 10.3. The van der Waals surface area contributed by atoms with E-state index >= 15 is 0 Å². The summed E-state index contributed by atoms with van der Waals surface area (Å²) in [5.41, 5.74) is 0.0188. The van der Waals surface area contributed by atoms with Gasteiger partial charge in [0.1, 0.15) is 12.0 Å². The number of piperazine rings is 1. The fourth-order valence-corrected chi connectivity index (χ4v) is 2.17. The second-order valence-corrected chi connectivity index (χ2v) is 4.54. The van der Waals surface area contributed by atoms with Crippen molar-refractivity contribution in [2.24, 2.45) is 0 Å². The van der Waals surface area contributed by atoms with Crippen LogP contribution in [-0.4, -0.2) is 59.2 Å². The van der Waals surface area contributed by atoms with Crippen molar-refractivity contribution in [2.75, 3.05) is 44.2 Å². The van der Waals surface area contributed by atoms with E-state index in [1.165, 1.54) is 12.3 Å². The van der Waals surface area contributed by atoms with Gasteiger partial charge in [-0.15, -0.1) is 0 Å². The average molecular weight is 266 g/mol. The summed E-state index contributed by atoms with van der Waals surface area (Å²) in [6, 6.07) is 3.18. The van der Waals surface area contributed by atoms with E-state index in [9.17, 15) is 10.1 Å². The molecule has 1 aliphatic heterocycles. The first-order valence-electron chi connectivity index (χ1n) is 6.39. The molecule has 0 spiro atoms. The second-order valence-electron chi connectivity index (χ2n) is 4.54. The highest BCUT2D eigenvalue weighted by Crippen LogP contribution is 2.17. The van der Waals surface area contributed by atoms with Crippen molar-refractivity contribution in [3.05, 3.63) is 28.4 Å². The lowest BCUT2D eigenvalue weighted by molar-refractivity contribution is -0.385. The first kappa shape index (κ1) is 13.7. The van der Waals surface area contributed by atoms with Crippen LogP contribution in [0.3, 0.4) is 0 Å². The highest BCUT2D eigenvalue weighted by atomic mass is 16.6. The molecule has 0 saturated carbocycles. The molecule has 0 unspecified atom stereocenters. The third-order valence-corrected chi connectivity index (χ3v) is 3.27. The van der Waals surface area contributed by atoms with Gasteiger partial charge in [0.15, 0.2) is 0 Å². The summed E-state index contributed by atoms with van der Waals surface area (Å²) in [5, 5.41) is 19.4. The number of rotatable bonds is 5. The predicted molar refractivity (Wildman–Crippen MR) is 71.2 cm³/mol. The lowest BCUT2D eigenvalue weighted by Crippen LogP contribution is -2.47. The Balaban J connectivity index is 1.88. The minimum atomic E-state index is -0.441. The van der Waals surface area contributed by atoms with Crippen molar-refractivity contribution >= 4 is 11.5 Å². The number of nitrogens with zero attached hydrogens (tertiary/aromatic N) is 4. The van der Waals surface area contributed by atoms with Crippen LogP contribution in [0.15, 0.2) is 18.3 Å². The van der Waals surface area contributed by atoms with Crippen LogP contribution in [0.5, 0.6) is 0 Å². The van der Waals surface area contributed by atoms with Crippen LogP contribution < -0.4 is 4.90 Å². The summed E-state index contributed by atoms with van der Waals surface area (Å²) in [7, 11) is 0. The van der Waals surface area contributed by atoms with E-state index in [1.807, 2.05) is 0 Å². The average Bonchev–Trinajstić information content (AvgIpc) is 2.46. The molecule has 1 fully saturated rings. The van der Waals surface area contributed by atoms with Gasteiger partial charge in [0.05, 0.1) is 4.92 Å². The Morgan fingerprint density at radius 2 is 2.05 bits per heavy atom. The Morgan fingerprint density at radius 1 is 1.32 bits per heavy atom. The molecule has 0 atom stereocenters. The Labute approximate surface area is 111 Å². The summed E-state index contributed by atoms with van der Waals surface area (Å²) in [5.74, 6) is 0.785. The maximum Gasteiger partial charge on any atom is 0.287 e. The smallest absolute Gasteiger partial charge is 0.287 e. The van der Waals surface area contributed by atoms with Crippen molar-refractivity contribution in [1.82, 2.24) is 9.88 Å². The van der Waals surface area contributed by atoms with Crippen LogP contribution in [0.25, 0.3) is 0 Å². The van der Waals surface area contributed by atoms with Crippen molar-refractivity contribution in [2.45, 2.75) is 6.42 Å². The zero-order valence-corrected chi connectivity index (χ0v) is 10.7. The first-order valence-corrected chi connectivity index (χ1v) is 6.39. The summed E-state index contributed by atoms with van der Waals surface area (Å²) in [6.45, 7) is 4.71. The zero-order valence-electron chi connectivity index (χ0n) is 10.7. The molecule has 0 aromatic carbocycles. The molecule has 1 aromatic rings. The van der Waals surface area contributed by atoms with Crippen molar-refractivity contribution < 1.29 is 10.0 Å². The minimum absolute atomic E-state index is 0.0188. The fourth-order valence-electron chi connectivity index (χ4n) is 2.17. The molecular weight excluding hydrogens is 248 g/mol. The fraction of sp³-hybridized carbons (Fsp3) is 0.583. The van der Waals surface area contributed by atoms with E-state index in [-0.39, 0.29) is 12.3 Å². The lowest BCUT2D eigenvalue weighted by Gasteiger charge is -2.35. The minimum Gasteiger partial charge on any atom is -0.396 e. The number of hydrogen-bond donors (Lipinski definition) is 1. The molecule has 1 N–H and O–H groups in total. The van der Waals surface area contributed by atoms with Gasteiger partial charge in [0.2, 0.25) is 0 Å². The normalized spacial score (nSPS) is 16.6. The first-order chi connectivity index (χ1) is 9.20. The van der Waals surface area contributed by atoms with E-state index in [4.69, 9.17) is 5.11 Å². The van der Waals surface area contributed by atoms with Gasteiger partial charge in [-0.25, -0.2) is 4.98 Å². The predicted octanol–water partition coefficient (Wildman–Crippen LogP) is 0.494. The number of aromatic nitrogens is 1. The molecule has 1 aliphatic rings. The van der Waals surface area contributed by atoms with E-state index in [2.05, 4.69) is 14.8 Å². The molecule has 2 heterocycles. The second kappa shape index (κ2) is 6.44. The van der Waals surface area contributed by atoms with Gasteiger partial charge < -0.3 is 10.0 Å². The molecule has 7 nitrogen and oxygen atoms in total. The van der Waals surface area contributed by atoms with Crippen LogP contribution in [0, 0.1) is 10.1 Å². The van der Waals surface area contributed by atoms with E-state index < -0.39 is 4.92 Å². The maximum absolute atomic E-state index is 10.6. The summed E-state index contributed by atoms with van der Waals surface area (Å²) >= 11 is 0. The van der Waals surface area contributed by atoms with Crippen LogP contribution in [0.1, 0.15) is 6.42 Å².